The number of nitrogens with two attached hydrogens (primary N) is 1. The molecule has 0 bridgehead atoms. The molecule has 0 atom stereocenters. The Bertz CT molecular complexity index is 446. The van der Waals surface area contributed by atoms with Gasteiger partial charge in [0.05, 0.1) is 0 Å². The molecule has 1 saturated carbocycles. The summed E-state index contributed by atoms with van der Waals surface area (Å²) < 4.78 is 22.1. The summed E-state index contributed by atoms with van der Waals surface area (Å²) in [7, 11) is -3.78. The van der Waals surface area contributed by atoms with Crippen LogP contribution in [0, 0.1) is 0 Å². The minimum absolute atomic E-state index is 0.297. The quantitative estimate of drug-likeness (QED) is 0.754. The molecular formula is C9H16N4O2S. The average Bonchev–Trinajstić information content (AvgIpc) is 2.55. The summed E-state index contributed by atoms with van der Waals surface area (Å²) in [6.45, 7) is 0. The second-order valence-corrected chi connectivity index (χ2v) is 5.69. The first-order valence-electron chi connectivity index (χ1n) is 5.52. The smallest absolute Gasteiger partial charge is 0.262 e. The van der Waals surface area contributed by atoms with Crippen LogP contribution in [0.15, 0.2) is 5.16 Å². The lowest BCUT2D eigenvalue weighted by atomic mass is 10.00. The lowest BCUT2D eigenvalue weighted by Crippen LogP contribution is -2.14. The van der Waals surface area contributed by atoms with Gasteiger partial charge in [-0.1, -0.05) is 25.7 Å². The largest absolute Gasteiger partial charge is 0.282 e. The number of hydrogen-bond acceptors (Lipinski definition) is 4. The Hall–Kier alpha value is -0.950. The van der Waals surface area contributed by atoms with Crippen LogP contribution >= 0.6 is 0 Å². The molecule has 2 rings (SSSR count). The van der Waals surface area contributed by atoms with E-state index < -0.39 is 10.0 Å². The number of H-pyrrole nitrogens is 1. The van der Waals surface area contributed by atoms with E-state index in [0.29, 0.717) is 11.7 Å². The first-order chi connectivity index (χ1) is 7.57. The maximum Gasteiger partial charge on any atom is 0.282 e. The molecule has 1 aliphatic carbocycles. The fourth-order valence-electron chi connectivity index (χ4n) is 2.12. The molecule has 0 aliphatic heterocycles. The first kappa shape index (κ1) is 11.5. The van der Waals surface area contributed by atoms with Crippen LogP contribution in [0.3, 0.4) is 0 Å². The van der Waals surface area contributed by atoms with Crippen LogP contribution in [-0.2, 0) is 10.0 Å². The van der Waals surface area contributed by atoms with Crippen LogP contribution < -0.4 is 5.14 Å². The highest BCUT2D eigenvalue weighted by molar-refractivity contribution is 7.89. The Balaban J connectivity index is 2.17. The molecule has 0 amide bonds. The van der Waals surface area contributed by atoms with Crippen molar-refractivity contribution in [3.8, 4) is 0 Å². The third kappa shape index (κ3) is 2.59. The van der Waals surface area contributed by atoms with E-state index in [2.05, 4.69) is 15.2 Å². The zero-order valence-electron chi connectivity index (χ0n) is 9.02. The molecule has 0 saturated heterocycles. The maximum atomic E-state index is 11.0. The number of rotatable bonds is 2. The molecule has 0 unspecified atom stereocenters. The van der Waals surface area contributed by atoms with Gasteiger partial charge in [0.1, 0.15) is 5.82 Å². The van der Waals surface area contributed by atoms with Gasteiger partial charge in [0.25, 0.3) is 15.2 Å². The van der Waals surface area contributed by atoms with Crippen molar-refractivity contribution >= 4 is 10.0 Å². The lowest BCUT2D eigenvalue weighted by molar-refractivity contribution is 0.561. The molecule has 3 N–H and O–H groups in total. The second kappa shape index (κ2) is 4.50. The van der Waals surface area contributed by atoms with Crippen molar-refractivity contribution in [2.75, 3.05) is 0 Å². The number of sulfonamides is 1. The summed E-state index contributed by atoms with van der Waals surface area (Å²) in [5.74, 6) is 0.955. The number of primary sulfonamides is 1. The molecule has 16 heavy (non-hydrogen) atoms. The van der Waals surface area contributed by atoms with Crippen LogP contribution in [0.25, 0.3) is 0 Å². The minimum atomic E-state index is -3.78. The van der Waals surface area contributed by atoms with E-state index in [-0.39, 0.29) is 5.16 Å². The van der Waals surface area contributed by atoms with Crippen molar-refractivity contribution in [2.45, 2.75) is 49.6 Å². The average molecular weight is 244 g/mol. The van der Waals surface area contributed by atoms with E-state index >= 15 is 0 Å². The van der Waals surface area contributed by atoms with Crippen molar-refractivity contribution in [1.29, 1.82) is 0 Å². The monoisotopic (exact) mass is 244 g/mol. The normalized spacial score (nSPS) is 19.6. The molecule has 0 spiro atoms. The van der Waals surface area contributed by atoms with E-state index in [4.69, 9.17) is 5.14 Å². The number of nitrogens with one attached hydrogen (secondary N) is 1. The molecule has 1 aromatic rings. The highest BCUT2D eigenvalue weighted by atomic mass is 32.2. The summed E-state index contributed by atoms with van der Waals surface area (Å²) in [5.41, 5.74) is 0. The Labute approximate surface area is 94.7 Å². The molecule has 1 heterocycles. The lowest BCUT2D eigenvalue weighted by Gasteiger charge is -2.08. The Morgan fingerprint density at radius 1 is 1.19 bits per heavy atom. The first-order valence-corrected chi connectivity index (χ1v) is 7.07. The Kier molecular flexibility index (Phi) is 3.25. The van der Waals surface area contributed by atoms with Gasteiger partial charge >= 0.3 is 0 Å². The molecule has 1 aromatic heterocycles. The minimum Gasteiger partial charge on any atom is -0.262 e. The highest BCUT2D eigenvalue weighted by Gasteiger charge is 2.21. The van der Waals surface area contributed by atoms with Gasteiger partial charge in [-0.3, -0.25) is 5.10 Å². The highest BCUT2D eigenvalue weighted by Crippen LogP contribution is 2.29. The summed E-state index contributed by atoms with van der Waals surface area (Å²) in [6, 6.07) is 0. The van der Waals surface area contributed by atoms with Crippen LogP contribution in [-0.4, -0.2) is 23.6 Å². The summed E-state index contributed by atoms with van der Waals surface area (Å²) in [4.78, 5) is 3.97. The summed E-state index contributed by atoms with van der Waals surface area (Å²) in [5, 5.41) is 11.0. The van der Waals surface area contributed by atoms with Crippen LogP contribution in [0.4, 0.5) is 0 Å². The van der Waals surface area contributed by atoms with Gasteiger partial charge in [-0.2, -0.15) is 0 Å². The van der Waals surface area contributed by atoms with Crippen LogP contribution in [0.5, 0.6) is 0 Å². The third-order valence-electron chi connectivity index (χ3n) is 2.98. The number of aromatic nitrogens is 3. The van der Waals surface area contributed by atoms with Crippen molar-refractivity contribution in [2.24, 2.45) is 5.14 Å². The predicted octanol–water partition coefficient (Wildman–Crippen LogP) is 0.890. The van der Waals surface area contributed by atoms with Gasteiger partial charge in [-0.05, 0) is 12.8 Å². The predicted molar refractivity (Wildman–Crippen MR) is 58.2 cm³/mol. The molecule has 0 radical (unpaired) electrons. The number of nitrogens with zero attached hydrogens (tertiary/aromatic N) is 2. The molecule has 1 aliphatic rings. The molecule has 6 nitrogen and oxygen atoms in total. The van der Waals surface area contributed by atoms with E-state index in [9.17, 15) is 8.42 Å². The summed E-state index contributed by atoms with van der Waals surface area (Å²) in [6.07, 6.45) is 6.89. The van der Waals surface area contributed by atoms with Gasteiger partial charge in [0.2, 0.25) is 0 Å². The second-order valence-electron chi connectivity index (χ2n) is 4.24. The molecular weight excluding hydrogens is 228 g/mol. The fourth-order valence-corrected chi connectivity index (χ4v) is 2.52. The van der Waals surface area contributed by atoms with Gasteiger partial charge in [0.15, 0.2) is 0 Å². The molecule has 7 heteroatoms. The van der Waals surface area contributed by atoms with Crippen molar-refractivity contribution in [3.63, 3.8) is 0 Å². The van der Waals surface area contributed by atoms with E-state index in [0.717, 1.165) is 25.7 Å². The van der Waals surface area contributed by atoms with Crippen LogP contribution in [0.1, 0.15) is 50.3 Å². The number of hydrogen-bond donors (Lipinski definition) is 2. The van der Waals surface area contributed by atoms with E-state index in [1.807, 2.05) is 0 Å². The van der Waals surface area contributed by atoms with Crippen molar-refractivity contribution in [1.82, 2.24) is 15.2 Å². The number of aromatic amines is 1. The van der Waals surface area contributed by atoms with Gasteiger partial charge in [0, 0.05) is 5.92 Å². The molecule has 1 fully saturated rings. The Morgan fingerprint density at radius 2 is 1.81 bits per heavy atom. The molecule has 0 aromatic carbocycles. The standard InChI is InChI=1S/C9H16N4O2S/c10-16(14,15)9-11-8(12-13-9)7-5-3-1-2-4-6-7/h7H,1-6H2,(H2,10,14,15)(H,11,12,13). The zero-order chi connectivity index (χ0) is 11.6. The van der Waals surface area contributed by atoms with Gasteiger partial charge in [-0.15, -0.1) is 5.10 Å². The van der Waals surface area contributed by atoms with Crippen molar-refractivity contribution in [3.05, 3.63) is 5.82 Å². The van der Waals surface area contributed by atoms with Crippen molar-refractivity contribution < 1.29 is 8.42 Å². The molecule has 90 valence electrons. The van der Waals surface area contributed by atoms with Gasteiger partial charge < -0.3 is 0 Å². The van der Waals surface area contributed by atoms with E-state index in [1.54, 1.807) is 0 Å². The fraction of sp³-hybridized carbons (Fsp3) is 0.778. The van der Waals surface area contributed by atoms with E-state index in [1.165, 1.54) is 12.8 Å². The van der Waals surface area contributed by atoms with Gasteiger partial charge in [-0.25, -0.2) is 18.5 Å². The Morgan fingerprint density at radius 3 is 2.31 bits per heavy atom. The summed E-state index contributed by atoms with van der Waals surface area (Å²) >= 11 is 0. The van der Waals surface area contributed by atoms with Crippen LogP contribution in [0.2, 0.25) is 0 Å². The topological polar surface area (TPSA) is 102 Å². The zero-order valence-corrected chi connectivity index (χ0v) is 9.83. The third-order valence-corrected chi connectivity index (χ3v) is 3.67. The SMILES string of the molecule is NS(=O)(=O)c1n[nH]c(C2CCCCCC2)n1. The maximum absolute atomic E-state index is 11.0.